The van der Waals surface area contributed by atoms with Gasteiger partial charge in [0.15, 0.2) is 0 Å². The van der Waals surface area contributed by atoms with E-state index in [4.69, 9.17) is 4.74 Å². The summed E-state index contributed by atoms with van der Waals surface area (Å²) in [7, 11) is -3.57. The van der Waals surface area contributed by atoms with Crippen molar-refractivity contribution in [3.8, 4) is 0 Å². The van der Waals surface area contributed by atoms with E-state index < -0.39 is 10.0 Å². The van der Waals surface area contributed by atoms with E-state index in [2.05, 4.69) is 4.72 Å². The van der Waals surface area contributed by atoms with E-state index in [0.717, 1.165) is 0 Å². The Labute approximate surface area is 113 Å². The van der Waals surface area contributed by atoms with Crippen molar-refractivity contribution in [2.24, 2.45) is 0 Å². The first-order chi connectivity index (χ1) is 9.06. The highest BCUT2D eigenvalue weighted by Gasteiger charge is 2.33. The molecule has 0 saturated heterocycles. The van der Waals surface area contributed by atoms with Crippen LogP contribution in [0.15, 0.2) is 29.2 Å². The zero-order valence-electron chi connectivity index (χ0n) is 10.9. The lowest BCUT2D eigenvalue weighted by Crippen LogP contribution is -2.47. The van der Waals surface area contributed by atoms with Gasteiger partial charge in [-0.3, -0.25) is 0 Å². The Morgan fingerprint density at radius 3 is 2.68 bits per heavy atom. The number of sulfonamides is 1. The van der Waals surface area contributed by atoms with Crippen molar-refractivity contribution in [1.82, 2.24) is 4.72 Å². The number of rotatable bonds is 6. The minimum Gasteiger partial charge on any atom is -0.392 e. The molecule has 0 aromatic heterocycles. The van der Waals surface area contributed by atoms with Gasteiger partial charge in [0.1, 0.15) is 0 Å². The molecule has 6 heteroatoms. The lowest BCUT2D eigenvalue weighted by atomic mass is 9.90. The summed E-state index contributed by atoms with van der Waals surface area (Å²) in [5.41, 5.74) is 0.413. The van der Waals surface area contributed by atoms with Crippen molar-refractivity contribution >= 4 is 10.0 Å². The van der Waals surface area contributed by atoms with Crippen molar-refractivity contribution in [3.05, 3.63) is 29.8 Å². The number of hydrogen-bond donors (Lipinski definition) is 2. The highest BCUT2D eigenvalue weighted by atomic mass is 32.2. The number of benzene rings is 1. The van der Waals surface area contributed by atoms with Crippen LogP contribution < -0.4 is 4.72 Å². The zero-order chi connectivity index (χ0) is 13.9. The minimum absolute atomic E-state index is 0.0756. The largest absolute Gasteiger partial charge is 0.392 e. The predicted molar refractivity (Wildman–Crippen MR) is 71.1 cm³/mol. The van der Waals surface area contributed by atoms with Crippen molar-refractivity contribution in [1.29, 1.82) is 0 Å². The fourth-order valence-electron chi connectivity index (χ4n) is 2.21. The summed E-state index contributed by atoms with van der Waals surface area (Å²) < 4.78 is 32.5. The quantitative estimate of drug-likeness (QED) is 0.818. The molecular weight excluding hydrogens is 266 g/mol. The van der Waals surface area contributed by atoms with Crippen LogP contribution in [0.2, 0.25) is 0 Å². The van der Waals surface area contributed by atoms with E-state index in [1.54, 1.807) is 18.2 Å². The fraction of sp³-hybridized carbons (Fsp3) is 0.538. The van der Waals surface area contributed by atoms with E-state index >= 15 is 0 Å². The van der Waals surface area contributed by atoms with E-state index in [-0.39, 0.29) is 23.6 Å². The summed E-state index contributed by atoms with van der Waals surface area (Å²) in [5, 5.41) is 9.19. The van der Waals surface area contributed by atoms with Gasteiger partial charge in [0.2, 0.25) is 10.0 Å². The number of aliphatic hydroxyl groups excluding tert-OH is 1. The average molecular weight is 285 g/mol. The third-order valence-electron chi connectivity index (χ3n) is 3.25. The van der Waals surface area contributed by atoms with Gasteiger partial charge in [-0.05, 0) is 31.4 Å². The second kappa shape index (κ2) is 6.00. The smallest absolute Gasteiger partial charge is 0.241 e. The fourth-order valence-corrected chi connectivity index (χ4v) is 3.71. The number of nitrogens with one attached hydrogen (secondary N) is 1. The van der Waals surface area contributed by atoms with Crippen molar-refractivity contribution in [2.75, 3.05) is 6.61 Å². The van der Waals surface area contributed by atoms with E-state index in [9.17, 15) is 13.5 Å². The van der Waals surface area contributed by atoms with Crippen molar-refractivity contribution in [3.63, 3.8) is 0 Å². The summed E-state index contributed by atoms with van der Waals surface area (Å²) in [4.78, 5) is 0.150. The van der Waals surface area contributed by atoms with E-state index in [1.807, 2.05) is 6.92 Å². The average Bonchev–Trinajstić information content (AvgIpc) is 2.36. The molecule has 1 aromatic rings. The van der Waals surface area contributed by atoms with Crippen LogP contribution in [0.4, 0.5) is 0 Å². The lowest BCUT2D eigenvalue weighted by Gasteiger charge is -2.35. The normalized spacial score (nSPS) is 23.1. The van der Waals surface area contributed by atoms with Crippen LogP contribution in [-0.4, -0.2) is 32.3 Å². The topological polar surface area (TPSA) is 75.6 Å². The Hall–Kier alpha value is -0.950. The first kappa shape index (κ1) is 14.5. The van der Waals surface area contributed by atoms with Crippen LogP contribution in [0, 0.1) is 0 Å². The van der Waals surface area contributed by atoms with E-state index in [0.29, 0.717) is 25.0 Å². The van der Waals surface area contributed by atoms with Gasteiger partial charge in [-0.15, -0.1) is 0 Å². The molecule has 19 heavy (non-hydrogen) atoms. The Balaban J connectivity index is 2.03. The Morgan fingerprint density at radius 1 is 1.37 bits per heavy atom. The third-order valence-corrected chi connectivity index (χ3v) is 4.87. The molecule has 1 aromatic carbocycles. The summed E-state index contributed by atoms with van der Waals surface area (Å²) in [6, 6.07) is 6.40. The molecule has 2 N–H and O–H groups in total. The molecule has 0 spiro atoms. The molecule has 0 amide bonds. The van der Waals surface area contributed by atoms with Crippen LogP contribution in [0.1, 0.15) is 25.3 Å². The number of hydrogen-bond acceptors (Lipinski definition) is 4. The monoisotopic (exact) mass is 285 g/mol. The molecular formula is C13H19NO4S. The molecule has 0 aliphatic heterocycles. The lowest BCUT2D eigenvalue weighted by molar-refractivity contribution is -0.00476. The second-order valence-corrected chi connectivity index (χ2v) is 6.32. The summed E-state index contributed by atoms with van der Waals surface area (Å²) >= 11 is 0. The molecule has 1 aliphatic carbocycles. The maximum atomic E-state index is 12.2. The molecule has 1 aliphatic rings. The van der Waals surface area contributed by atoms with Crippen LogP contribution in [0.5, 0.6) is 0 Å². The Bertz CT molecular complexity index is 523. The van der Waals surface area contributed by atoms with Crippen molar-refractivity contribution in [2.45, 2.75) is 43.4 Å². The van der Waals surface area contributed by atoms with Gasteiger partial charge in [0.25, 0.3) is 0 Å². The first-order valence-electron chi connectivity index (χ1n) is 6.39. The number of ether oxygens (including phenoxy) is 1. The zero-order valence-corrected chi connectivity index (χ0v) is 11.7. The molecule has 1 fully saturated rings. The number of aliphatic hydroxyl groups is 1. The van der Waals surface area contributed by atoms with Gasteiger partial charge in [-0.1, -0.05) is 18.2 Å². The first-order valence-corrected chi connectivity index (χ1v) is 7.88. The van der Waals surface area contributed by atoms with Crippen LogP contribution in [-0.2, 0) is 21.4 Å². The van der Waals surface area contributed by atoms with Crippen LogP contribution in [0.25, 0.3) is 0 Å². The Morgan fingerprint density at radius 2 is 2.05 bits per heavy atom. The van der Waals surface area contributed by atoms with Crippen LogP contribution >= 0.6 is 0 Å². The summed E-state index contributed by atoms with van der Waals surface area (Å²) in [6.45, 7) is 2.29. The predicted octanol–water partition coefficient (Wildman–Crippen LogP) is 1.02. The van der Waals surface area contributed by atoms with Gasteiger partial charge in [0.05, 0.1) is 17.6 Å². The SMILES string of the molecule is CCOC1CC(NS(=O)(=O)c2ccccc2CO)C1. The molecule has 0 radical (unpaired) electrons. The molecule has 106 valence electrons. The van der Waals surface area contributed by atoms with E-state index in [1.165, 1.54) is 6.07 Å². The Kier molecular flexibility index (Phi) is 4.57. The molecule has 0 heterocycles. The maximum Gasteiger partial charge on any atom is 0.241 e. The van der Waals surface area contributed by atoms with Gasteiger partial charge >= 0.3 is 0 Å². The molecule has 5 nitrogen and oxygen atoms in total. The van der Waals surface area contributed by atoms with Gasteiger partial charge in [-0.25, -0.2) is 13.1 Å². The van der Waals surface area contributed by atoms with Gasteiger partial charge in [-0.2, -0.15) is 0 Å². The minimum atomic E-state index is -3.57. The molecule has 2 rings (SSSR count). The molecule has 0 bridgehead atoms. The highest BCUT2D eigenvalue weighted by Crippen LogP contribution is 2.25. The summed E-state index contributed by atoms with van der Waals surface area (Å²) in [6.07, 6.45) is 1.56. The standard InChI is InChI=1S/C13H19NO4S/c1-2-18-12-7-11(8-12)14-19(16,17)13-6-4-3-5-10(13)9-15/h3-6,11-12,14-15H,2,7-9H2,1H3. The van der Waals surface area contributed by atoms with Gasteiger partial charge in [0, 0.05) is 12.6 Å². The molecule has 0 atom stereocenters. The van der Waals surface area contributed by atoms with Crippen molar-refractivity contribution < 1.29 is 18.3 Å². The second-order valence-electron chi connectivity index (χ2n) is 4.63. The van der Waals surface area contributed by atoms with Gasteiger partial charge < -0.3 is 9.84 Å². The third kappa shape index (κ3) is 3.33. The maximum absolute atomic E-state index is 12.2. The highest BCUT2D eigenvalue weighted by molar-refractivity contribution is 7.89. The summed E-state index contributed by atoms with van der Waals surface area (Å²) in [5.74, 6) is 0. The van der Waals surface area contributed by atoms with Crippen LogP contribution in [0.3, 0.4) is 0 Å². The molecule has 0 unspecified atom stereocenters. The molecule has 1 saturated carbocycles.